The number of likely N-dealkylation sites (N-methyl/N-ethyl adjacent to an activating group) is 1. The van der Waals surface area contributed by atoms with Gasteiger partial charge >= 0.3 is 0 Å². The third-order valence-corrected chi connectivity index (χ3v) is 7.73. The number of fused-ring (bicyclic) bond motifs is 2. The molecule has 4 N–H and O–H groups in total. The van der Waals surface area contributed by atoms with Gasteiger partial charge in [-0.25, -0.2) is 18.9 Å². The minimum atomic E-state index is -1.17. The molecule has 2 fully saturated rings. The van der Waals surface area contributed by atoms with Crippen molar-refractivity contribution in [2.75, 3.05) is 32.7 Å². The maximum absolute atomic E-state index is 15.4. The molecule has 12 heteroatoms. The minimum Gasteiger partial charge on any atom is -0.479 e. The fourth-order valence-corrected chi connectivity index (χ4v) is 5.59. The molecule has 1 saturated carbocycles. The first kappa shape index (κ1) is 23.7. The number of halogens is 1. The van der Waals surface area contributed by atoms with Crippen LogP contribution in [0.1, 0.15) is 37.7 Å². The van der Waals surface area contributed by atoms with Crippen molar-refractivity contribution in [1.29, 1.82) is 0 Å². The Morgan fingerprint density at radius 1 is 1.32 bits per heavy atom. The summed E-state index contributed by atoms with van der Waals surface area (Å²) in [5, 5.41) is 10.5. The fraction of sp³-hybridized carbons (Fsp3) is 0.480. The van der Waals surface area contributed by atoms with Crippen LogP contribution in [0.5, 0.6) is 5.88 Å². The minimum absolute atomic E-state index is 0.177. The molecule has 2 aromatic rings. The first-order valence-corrected chi connectivity index (χ1v) is 12.4. The van der Waals surface area contributed by atoms with E-state index in [1.165, 1.54) is 37.3 Å². The zero-order valence-electron chi connectivity index (χ0n) is 20.8. The molecular weight excluding hydrogens is 479 g/mol. The molecule has 0 unspecified atom stereocenters. The van der Waals surface area contributed by atoms with Crippen LogP contribution in [0.15, 0.2) is 34.0 Å². The van der Waals surface area contributed by atoms with Gasteiger partial charge in [-0.1, -0.05) is 0 Å². The molecule has 6 rings (SSSR count). The number of aromatic nitrogens is 3. The molecule has 2 aromatic heterocycles. The second-order valence-corrected chi connectivity index (χ2v) is 10.3. The Morgan fingerprint density at radius 3 is 2.78 bits per heavy atom. The number of carbonyl (C=O) groups is 1. The highest BCUT2D eigenvalue weighted by Crippen LogP contribution is 2.43. The van der Waals surface area contributed by atoms with Crippen LogP contribution in [0.4, 0.5) is 10.3 Å². The molecule has 1 aliphatic carbocycles. The number of carbonyl (C=O) groups excluding carboxylic acids is 1. The second kappa shape index (κ2) is 8.73. The van der Waals surface area contributed by atoms with Gasteiger partial charge in [0, 0.05) is 48.5 Å². The molecule has 37 heavy (non-hydrogen) atoms. The molecule has 1 spiro atoms. The first-order chi connectivity index (χ1) is 17.8. The Labute approximate surface area is 212 Å². The van der Waals surface area contributed by atoms with Crippen molar-refractivity contribution in [1.82, 2.24) is 19.9 Å². The van der Waals surface area contributed by atoms with Crippen molar-refractivity contribution < 1.29 is 18.7 Å². The summed E-state index contributed by atoms with van der Waals surface area (Å²) in [6.45, 7) is 1.70. The topological polar surface area (TPSA) is 141 Å². The summed E-state index contributed by atoms with van der Waals surface area (Å²) in [5.41, 5.74) is 7.22. The number of amides is 1. The van der Waals surface area contributed by atoms with Gasteiger partial charge in [-0.05, 0) is 31.8 Å². The summed E-state index contributed by atoms with van der Waals surface area (Å²) in [6, 6.07) is 0.227. The van der Waals surface area contributed by atoms with Crippen molar-refractivity contribution in [2.45, 2.75) is 43.7 Å². The monoisotopic (exact) mass is 508 g/mol. The van der Waals surface area contributed by atoms with Crippen LogP contribution in [-0.2, 0) is 9.53 Å². The molecule has 5 heterocycles. The summed E-state index contributed by atoms with van der Waals surface area (Å²) in [4.78, 5) is 25.3. The van der Waals surface area contributed by atoms with Gasteiger partial charge in [0.1, 0.15) is 11.1 Å². The zero-order chi connectivity index (χ0) is 25.8. The van der Waals surface area contributed by atoms with Gasteiger partial charge < -0.3 is 25.8 Å². The Morgan fingerprint density at radius 2 is 2.11 bits per heavy atom. The predicted molar refractivity (Wildman–Crippen MR) is 136 cm³/mol. The van der Waals surface area contributed by atoms with E-state index in [-0.39, 0.29) is 29.8 Å². The summed E-state index contributed by atoms with van der Waals surface area (Å²) in [6.07, 6.45) is 10.3. The van der Waals surface area contributed by atoms with Gasteiger partial charge in [-0.2, -0.15) is 4.98 Å². The Hall–Kier alpha value is -3.64. The highest BCUT2D eigenvalue weighted by molar-refractivity contribution is 6.22. The van der Waals surface area contributed by atoms with Crippen LogP contribution < -0.4 is 21.1 Å². The lowest BCUT2D eigenvalue weighted by molar-refractivity contribution is -0.131. The smallest absolute Gasteiger partial charge is 0.248 e. The van der Waals surface area contributed by atoms with Crippen LogP contribution in [0, 0.1) is 11.2 Å². The van der Waals surface area contributed by atoms with Crippen LogP contribution in [0.3, 0.4) is 0 Å². The molecule has 4 aliphatic rings. The molecule has 11 nitrogen and oxygen atoms in total. The molecule has 194 valence electrons. The summed E-state index contributed by atoms with van der Waals surface area (Å²) in [7, 11) is 3.03. The van der Waals surface area contributed by atoms with Crippen molar-refractivity contribution >= 4 is 35.0 Å². The average Bonchev–Trinajstić information content (AvgIpc) is 3.21. The van der Waals surface area contributed by atoms with Crippen LogP contribution in [0.2, 0.25) is 0 Å². The zero-order valence-corrected chi connectivity index (χ0v) is 20.8. The average molecular weight is 509 g/mol. The Kier molecular flexibility index (Phi) is 5.60. The molecule has 1 atom stereocenters. The number of methoxy groups -OCH3 is 1. The number of hydrogen-bond acceptors (Lipinski definition) is 9. The van der Waals surface area contributed by atoms with Crippen LogP contribution in [-0.4, -0.2) is 71.5 Å². The number of aliphatic imine (C=N–C) groups is 2. The lowest BCUT2D eigenvalue weighted by atomic mass is 9.71. The van der Waals surface area contributed by atoms with Gasteiger partial charge in [0.25, 0.3) is 0 Å². The van der Waals surface area contributed by atoms with Crippen molar-refractivity contribution in [3.8, 4) is 5.88 Å². The highest BCUT2D eigenvalue weighted by atomic mass is 19.1. The van der Waals surface area contributed by atoms with Crippen LogP contribution >= 0.6 is 0 Å². The van der Waals surface area contributed by atoms with E-state index in [2.05, 4.69) is 30.7 Å². The van der Waals surface area contributed by atoms with E-state index in [1.54, 1.807) is 6.08 Å². The largest absolute Gasteiger partial charge is 0.479 e. The fourth-order valence-electron chi connectivity index (χ4n) is 5.59. The van der Waals surface area contributed by atoms with Crippen molar-refractivity contribution in [3.05, 3.63) is 35.4 Å². The van der Waals surface area contributed by atoms with E-state index in [1.807, 2.05) is 0 Å². The number of allylic oxidation sites excluding steroid dienone is 1. The molecule has 3 aliphatic heterocycles. The number of rotatable bonds is 5. The molecule has 1 amide bonds. The number of nitrogens with one attached hydrogen (secondary N) is 2. The van der Waals surface area contributed by atoms with E-state index in [0.29, 0.717) is 33.9 Å². The molecular formula is C25H29FN8O3. The Balaban J connectivity index is 1.31. The highest BCUT2D eigenvalue weighted by Gasteiger charge is 2.42. The first-order valence-electron chi connectivity index (χ1n) is 12.4. The number of dihydropyridines is 1. The van der Waals surface area contributed by atoms with Crippen molar-refractivity contribution in [2.24, 2.45) is 21.1 Å². The number of anilines is 1. The number of hydrogen-bond donors (Lipinski definition) is 3. The molecule has 0 bridgehead atoms. The van der Waals surface area contributed by atoms with E-state index in [4.69, 9.17) is 15.2 Å². The second-order valence-electron chi connectivity index (χ2n) is 10.3. The van der Waals surface area contributed by atoms with Gasteiger partial charge in [0.2, 0.25) is 17.7 Å². The lowest BCUT2D eigenvalue weighted by Gasteiger charge is -2.46. The van der Waals surface area contributed by atoms with Gasteiger partial charge in [-0.15, -0.1) is 5.10 Å². The number of nitrogens with two attached hydrogens (primary N) is 1. The van der Waals surface area contributed by atoms with Gasteiger partial charge in [0.05, 0.1) is 32.1 Å². The quantitative estimate of drug-likeness (QED) is 0.560. The number of nitrogens with zero attached hydrogens (tertiary/aromatic N) is 5. The van der Waals surface area contributed by atoms with Crippen molar-refractivity contribution in [3.63, 3.8) is 0 Å². The predicted octanol–water partition coefficient (Wildman–Crippen LogP) is 1.85. The molecule has 1 saturated heterocycles. The third-order valence-electron chi connectivity index (χ3n) is 7.73. The number of ether oxygens (including phenoxy) is 2. The van der Waals surface area contributed by atoms with E-state index in [0.717, 1.165) is 38.9 Å². The maximum Gasteiger partial charge on any atom is 0.248 e. The van der Waals surface area contributed by atoms with E-state index in [9.17, 15) is 4.79 Å². The summed E-state index contributed by atoms with van der Waals surface area (Å²) in [5.74, 6) is 0.159. The van der Waals surface area contributed by atoms with Gasteiger partial charge in [0.15, 0.2) is 11.7 Å². The number of amidine groups is 1. The summed E-state index contributed by atoms with van der Waals surface area (Å²) < 4.78 is 27.8. The Bertz CT molecular complexity index is 1400. The van der Waals surface area contributed by atoms with Gasteiger partial charge in [-0.3, -0.25) is 4.79 Å². The molecule has 0 aromatic carbocycles. The maximum atomic E-state index is 15.4. The SMILES string of the molecule is CNC(=O)C1=CN=C2N=CC(c3c(F)cn4nc(NC5CCC6(CC5)COC6)nc(OC)c34)=C[C@@]2(N)C1. The molecule has 0 radical (unpaired) electrons. The van der Waals surface area contributed by atoms with E-state index < -0.39 is 11.4 Å². The lowest BCUT2D eigenvalue weighted by Crippen LogP contribution is -2.49. The standard InChI is InChI=1S/C25H29FN8O3/c1-28-20(35)15-8-25(27)7-14(9-29-22(25)30-10-15)18-17(26)11-34-19(18)21(36-2)32-23(33-34)31-16-3-5-24(6-4-16)12-37-13-24/h7,9-11,16H,3-6,8,12-13,27H2,1-2H3,(H,28,35)(H,31,33)/t25-/m1/s1. The third kappa shape index (κ3) is 4.00. The van der Waals surface area contributed by atoms with E-state index >= 15 is 4.39 Å². The normalized spacial score (nSPS) is 24.6. The summed E-state index contributed by atoms with van der Waals surface area (Å²) >= 11 is 0. The van der Waals surface area contributed by atoms with Crippen LogP contribution in [0.25, 0.3) is 11.1 Å².